The van der Waals surface area contributed by atoms with Gasteiger partial charge in [-0.25, -0.2) is 13.5 Å². The average Bonchev–Trinajstić information content (AvgIpc) is 2.87. The molecule has 0 spiro atoms. The molecule has 0 unspecified atom stereocenters. The Labute approximate surface area is 119 Å². The van der Waals surface area contributed by atoms with Gasteiger partial charge in [-0.05, 0) is 12.1 Å². The first kappa shape index (κ1) is 13.6. The highest BCUT2D eigenvalue weighted by Gasteiger charge is 2.18. The Balaban J connectivity index is 1.79. The number of benzene rings is 1. The molecule has 3 rings (SSSR count). The van der Waals surface area contributed by atoms with Crippen LogP contribution in [0.25, 0.3) is 5.69 Å². The topological polar surface area (TPSA) is 63.1 Å². The van der Waals surface area contributed by atoms with Gasteiger partial charge in [0.2, 0.25) is 5.91 Å². The van der Waals surface area contributed by atoms with Crippen LogP contribution in [0.15, 0.2) is 24.4 Å². The third-order valence-corrected chi connectivity index (χ3v) is 3.21. The Morgan fingerprint density at radius 3 is 2.76 bits per heavy atom. The molecule has 110 valence electrons. The Kier molecular flexibility index (Phi) is 3.61. The molecule has 1 aliphatic heterocycles. The van der Waals surface area contributed by atoms with Crippen molar-refractivity contribution in [1.29, 1.82) is 0 Å². The molecule has 1 amide bonds. The fourth-order valence-electron chi connectivity index (χ4n) is 2.24. The zero-order chi connectivity index (χ0) is 14.8. The highest BCUT2D eigenvalue weighted by atomic mass is 19.1. The summed E-state index contributed by atoms with van der Waals surface area (Å²) in [5, 5.41) is 10.4. The van der Waals surface area contributed by atoms with Crippen molar-refractivity contribution in [2.24, 2.45) is 0 Å². The number of piperazine rings is 1. The Morgan fingerprint density at radius 1 is 1.29 bits per heavy atom. The van der Waals surface area contributed by atoms with Crippen LogP contribution in [0.1, 0.15) is 5.69 Å². The number of aromatic nitrogens is 3. The summed E-state index contributed by atoms with van der Waals surface area (Å²) in [6, 6.07) is 3.61. The normalized spacial score (nSPS) is 16.0. The molecule has 0 atom stereocenters. The standard InChI is InChI=1S/C13H13F2N5O/c14-10-2-1-3-11(15)13(10)20-7-9(17-18-20)6-19-5-4-16-12(21)8-19/h1-3,7H,4-6,8H2,(H,16,21). The first-order valence-electron chi connectivity index (χ1n) is 6.48. The average molecular weight is 293 g/mol. The number of para-hydroxylation sites is 1. The van der Waals surface area contributed by atoms with Crippen molar-refractivity contribution in [3.63, 3.8) is 0 Å². The number of halogens is 2. The van der Waals surface area contributed by atoms with Crippen molar-refractivity contribution >= 4 is 5.91 Å². The second kappa shape index (κ2) is 5.57. The molecular formula is C13H13F2N5O. The summed E-state index contributed by atoms with van der Waals surface area (Å²) in [6.07, 6.45) is 1.47. The fraction of sp³-hybridized carbons (Fsp3) is 0.308. The molecular weight excluding hydrogens is 280 g/mol. The summed E-state index contributed by atoms with van der Waals surface area (Å²) in [5.41, 5.74) is 0.292. The van der Waals surface area contributed by atoms with E-state index in [0.717, 1.165) is 16.8 Å². The van der Waals surface area contributed by atoms with Gasteiger partial charge < -0.3 is 5.32 Å². The summed E-state index contributed by atoms with van der Waals surface area (Å²) in [6.45, 7) is 1.96. The molecule has 0 bridgehead atoms. The Morgan fingerprint density at radius 2 is 2.05 bits per heavy atom. The SMILES string of the molecule is O=C1CN(Cc2cn(-c3c(F)cccc3F)nn2)CCN1. The van der Waals surface area contributed by atoms with E-state index in [1.807, 2.05) is 4.90 Å². The maximum Gasteiger partial charge on any atom is 0.234 e. The van der Waals surface area contributed by atoms with E-state index in [9.17, 15) is 13.6 Å². The predicted molar refractivity (Wildman–Crippen MR) is 69.6 cm³/mol. The van der Waals surface area contributed by atoms with E-state index in [0.29, 0.717) is 25.3 Å². The van der Waals surface area contributed by atoms with E-state index < -0.39 is 11.6 Å². The fourth-order valence-corrected chi connectivity index (χ4v) is 2.24. The number of nitrogens with one attached hydrogen (secondary N) is 1. The van der Waals surface area contributed by atoms with E-state index in [-0.39, 0.29) is 18.1 Å². The summed E-state index contributed by atoms with van der Waals surface area (Å²) in [5.74, 6) is -1.46. The van der Waals surface area contributed by atoms with Gasteiger partial charge in [-0.3, -0.25) is 9.69 Å². The van der Waals surface area contributed by atoms with Crippen molar-refractivity contribution in [2.75, 3.05) is 19.6 Å². The first-order chi connectivity index (χ1) is 10.1. The first-order valence-corrected chi connectivity index (χ1v) is 6.48. The van der Waals surface area contributed by atoms with Crippen molar-refractivity contribution in [1.82, 2.24) is 25.2 Å². The van der Waals surface area contributed by atoms with E-state index in [1.54, 1.807) is 0 Å². The number of carbonyl (C=O) groups is 1. The zero-order valence-corrected chi connectivity index (χ0v) is 11.1. The minimum absolute atomic E-state index is 0.0474. The Bertz CT molecular complexity index is 652. The van der Waals surface area contributed by atoms with Gasteiger partial charge in [0.25, 0.3) is 0 Å². The lowest BCUT2D eigenvalue weighted by molar-refractivity contribution is -0.124. The van der Waals surface area contributed by atoms with Crippen molar-refractivity contribution in [2.45, 2.75) is 6.54 Å². The van der Waals surface area contributed by atoms with Crippen molar-refractivity contribution in [3.05, 3.63) is 41.7 Å². The molecule has 1 N–H and O–H groups in total. The number of amides is 1. The van der Waals surface area contributed by atoms with Crippen LogP contribution in [-0.4, -0.2) is 45.4 Å². The zero-order valence-electron chi connectivity index (χ0n) is 11.1. The van der Waals surface area contributed by atoms with Gasteiger partial charge in [-0.1, -0.05) is 11.3 Å². The summed E-state index contributed by atoms with van der Waals surface area (Å²) < 4.78 is 28.4. The largest absolute Gasteiger partial charge is 0.354 e. The van der Waals surface area contributed by atoms with Gasteiger partial charge in [0.05, 0.1) is 18.4 Å². The van der Waals surface area contributed by atoms with E-state index >= 15 is 0 Å². The highest BCUT2D eigenvalue weighted by molar-refractivity contribution is 5.78. The van der Waals surface area contributed by atoms with Crippen LogP contribution in [0.5, 0.6) is 0 Å². The van der Waals surface area contributed by atoms with Crippen LogP contribution < -0.4 is 5.32 Å². The number of nitrogens with zero attached hydrogens (tertiary/aromatic N) is 4. The van der Waals surface area contributed by atoms with Crippen LogP contribution in [0.3, 0.4) is 0 Å². The molecule has 0 aliphatic carbocycles. The quantitative estimate of drug-likeness (QED) is 0.894. The van der Waals surface area contributed by atoms with Gasteiger partial charge in [0.15, 0.2) is 11.6 Å². The molecule has 21 heavy (non-hydrogen) atoms. The molecule has 1 fully saturated rings. The highest BCUT2D eigenvalue weighted by Crippen LogP contribution is 2.16. The van der Waals surface area contributed by atoms with Crippen LogP contribution in [-0.2, 0) is 11.3 Å². The lowest BCUT2D eigenvalue weighted by Crippen LogP contribution is -2.47. The van der Waals surface area contributed by atoms with Crippen LogP contribution in [0.2, 0.25) is 0 Å². The van der Waals surface area contributed by atoms with E-state index in [4.69, 9.17) is 0 Å². The summed E-state index contributed by atoms with van der Waals surface area (Å²) >= 11 is 0. The smallest absolute Gasteiger partial charge is 0.234 e. The van der Waals surface area contributed by atoms with Crippen LogP contribution in [0, 0.1) is 11.6 Å². The molecule has 1 saturated heterocycles. The molecule has 1 aromatic carbocycles. The lowest BCUT2D eigenvalue weighted by Gasteiger charge is -2.25. The molecule has 2 aromatic rings. The second-order valence-corrected chi connectivity index (χ2v) is 4.79. The number of rotatable bonds is 3. The molecule has 1 aliphatic rings. The molecule has 8 heteroatoms. The Hall–Kier alpha value is -2.35. The van der Waals surface area contributed by atoms with E-state index in [1.165, 1.54) is 12.3 Å². The number of carbonyl (C=O) groups excluding carboxylic acids is 1. The van der Waals surface area contributed by atoms with E-state index in [2.05, 4.69) is 15.6 Å². The molecule has 0 saturated carbocycles. The maximum atomic E-state index is 13.7. The predicted octanol–water partition coefficient (Wildman–Crippen LogP) is 0.477. The second-order valence-electron chi connectivity index (χ2n) is 4.79. The van der Waals surface area contributed by atoms with Gasteiger partial charge >= 0.3 is 0 Å². The van der Waals surface area contributed by atoms with Crippen molar-refractivity contribution < 1.29 is 13.6 Å². The van der Waals surface area contributed by atoms with Gasteiger partial charge in [-0.15, -0.1) is 5.10 Å². The maximum absolute atomic E-state index is 13.7. The number of hydrogen-bond donors (Lipinski definition) is 1. The molecule has 1 aromatic heterocycles. The minimum Gasteiger partial charge on any atom is -0.354 e. The van der Waals surface area contributed by atoms with Gasteiger partial charge in [-0.2, -0.15) is 0 Å². The molecule has 6 nitrogen and oxygen atoms in total. The molecule has 2 heterocycles. The van der Waals surface area contributed by atoms with Gasteiger partial charge in [0.1, 0.15) is 5.69 Å². The minimum atomic E-state index is -0.705. The summed E-state index contributed by atoms with van der Waals surface area (Å²) in [4.78, 5) is 13.2. The third-order valence-electron chi connectivity index (χ3n) is 3.21. The van der Waals surface area contributed by atoms with Crippen molar-refractivity contribution in [3.8, 4) is 5.69 Å². The third kappa shape index (κ3) is 2.89. The number of hydrogen-bond acceptors (Lipinski definition) is 4. The summed E-state index contributed by atoms with van der Waals surface area (Å²) in [7, 11) is 0. The van der Waals surface area contributed by atoms with Gasteiger partial charge in [0, 0.05) is 19.6 Å². The van der Waals surface area contributed by atoms with Crippen LogP contribution in [0.4, 0.5) is 8.78 Å². The van der Waals surface area contributed by atoms with Crippen LogP contribution >= 0.6 is 0 Å². The molecule has 0 radical (unpaired) electrons. The lowest BCUT2D eigenvalue weighted by atomic mass is 10.3. The monoisotopic (exact) mass is 293 g/mol.